The van der Waals surface area contributed by atoms with Gasteiger partial charge in [-0.15, -0.1) is 0 Å². The Bertz CT molecular complexity index is 163. The Morgan fingerprint density at radius 3 is 3.18 bits per heavy atom. The van der Waals surface area contributed by atoms with E-state index < -0.39 is 0 Å². The Labute approximate surface area is 73.3 Å². The van der Waals surface area contributed by atoms with Crippen molar-refractivity contribution in [3.8, 4) is 0 Å². The fraction of sp³-hybridized carbons (Fsp3) is 0.875. The van der Waals surface area contributed by atoms with Crippen LogP contribution < -0.4 is 0 Å². The van der Waals surface area contributed by atoms with E-state index in [1.165, 1.54) is 19.4 Å². The third-order valence-corrected chi connectivity index (χ3v) is 2.27. The predicted molar refractivity (Wildman–Crippen MR) is 50.2 cm³/mol. The van der Waals surface area contributed by atoms with Crippen LogP contribution in [0.1, 0.15) is 19.8 Å². The highest BCUT2D eigenvalue weighted by molar-refractivity contribution is 7.78. The molecular formula is C8H14N2S. The van der Waals surface area contributed by atoms with Crippen molar-refractivity contribution in [1.29, 1.82) is 0 Å². The van der Waals surface area contributed by atoms with Crippen LogP contribution in [0.3, 0.4) is 0 Å². The van der Waals surface area contributed by atoms with Crippen LogP contribution in [0.15, 0.2) is 4.99 Å². The number of rotatable bonds is 2. The lowest BCUT2D eigenvalue weighted by molar-refractivity contribution is 0.220. The molecule has 62 valence electrons. The second-order valence-electron chi connectivity index (χ2n) is 2.91. The lowest BCUT2D eigenvalue weighted by atomic mass is 10.1. The summed E-state index contributed by atoms with van der Waals surface area (Å²) in [6, 6.07) is 0.418. The maximum Gasteiger partial charge on any atom is 0.0730 e. The summed E-state index contributed by atoms with van der Waals surface area (Å²) < 4.78 is 0. The minimum Gasteiger partial charge on any atom is -0.301 e. The highest BCUT2D eigenvalue weighted by atomic mass is 32.1. The average molecular weight is 170 g/mol. The number of thiocarbonyl (C=S) groups is 1. The van der Waals surface area contributed by atoms with Crippen molar-refractivity contribution in [2.24, 2.45) is 4.99 Å². The highest BCUT2D eigenvalue weighted by Crippen LogP contribution is 2.11. The Hall–Kier alpha value is -0.240. The molecule has 1 aliphatic heterocycles. The second kappa shape index (κ2) is 4.60. The number of hydrogen-bond donors (Lipinski definition) is 0. The van der Waals surface area contributed by atoms with Crippen LogP contribution in [0.2, 0.25) is 0 Å². The minimum absolute atomic E-state index is 0.418. The van der Waals surface area contributed by atoms with Crippen LogP contribution in [-0.2, 0) is 0 Å². The normalized spacial score (nSPS) is 26.1. The maximum atomic E-state index is 4.57. The summed E-state index contributed by atoms with van der Waals surface area (Å²) >= 11 is 4.57. The molecule has 0 saturated carbocycles. The molecule has 0 amide bonds. The van der Waals surface area contributed by atoms with E-state index in [9.17, 15) is 0 Å². The molecule has 0 aromatic carbocycles. The molecule has 0 aromatic heterocycles. The largest absolute Gasteiger partial charge is 0.301 e. The van der Waals surface area contributed by atoms with Gasteiger partial charge in [0.1, 0.15) is 0 Å². The lowest BCUT2D eigenvalue weighted by Gasteiger charge is -2.28. The van der Waals surface area contributed by atoms with Crippen molar-refractivity contribution in [2.45, 2.75) is 25.8 Å². The summed E-state index contributed by atoms with van der Waals surface area (Å²) in [6.45, 7) is 5.60. The highest BCUT2D eigenvalue weighted by Gasteiger charge is 2.16. The molecule has 1 heterocycles. The first-order valence-electron chi connectivity index (χ1n) is 4.16. The molecule has 1 saturated heterocycles. The van der Waals surface area contributed by atoms with Gasteiger partial charge >= 0.3 is 0 Å². The predicted octanol–water partition coefficient (Wildman–Crippen LogP) is 1.57. The van der Waals surface area contributed by atoms with Crippen LogP contribution in [-0.4, -0.2) is 35.7 Å². The Morgan fingerprint density at radius 1 is 1.73 bits per heavy atom. The zero-order valence-electron chi connectivity index (χ0n) is 6.92. The SMILES string of the molecule is CCN1CCCC(N=C=S)C1. The average Bonchev–Trinajstić information content (AvgIpc) is 2.06. The fourth-order valence-electron chi connectivity index (χ4n) is 1.50. The van der Waals surface area contributed by atoms with Gasteiger partial charge in [-0.25, -0.2) is 4.99 Å². The minimum atomic E-state index is 0.418. The summed E-state index contributed by atoms with van der Waals surface area (Å²) in [6.07, 6.45) is 2.43. The van der Waals surface area contributed by atoms with E-state index in [0.717, 1.165) is 13.1 Å². The number of nitrogens with zero attached hydrogens (tertiary/aromatic N) is 2. The van der Waals surface area contributed by atoms with Gasteiger partial charge in [0.25, 0.3) is 0 Å². The topological polar surface area (TPSA) is 15.6 Å². The number of hydrogen-bond acceptors (Lipinski definition) is 3. The molecule has 0 N–H and O–H groups in total. The second-order valence-corrected chi connectivity index (χ2v) is 3.09. The third-order valence-electron chi connectivity index (χ3n) is 2.16. The lowest BCUT2D eigenvalue weighted by Crippen LogP contribution is -2.37. The summed E-state index contributed by atoms with van der Waals surface area (Å²) in [5.41, 5.74) is 0. The molecule has 0 aromatic rings. The maximum absolute atomic E-state index is 4.57. The zero-order valence-corrected chi connectivity index (χ0v) is 7.73. The molecule has 1 fully saturated rings. The van der Waals surface area contributed by atoms with Crippen LogP contribution in [0.25, 0.3) is 0 Å². The summed E-state index contributed by atoms with van der Waals surface area (Å²) in [7, 11) is 0. The van der Waals surface area contributed by atoms with E-state index in [0.29, 0.717) is 6.04 Å². The Morgan fingerprint density at radius 2 is 2.55 bits per heavy atom. The first kappa shape index (κ1) is 8.85. The number of likely N-dealkylation sites (tertiary alicyclic amines) is 1. The smallest absolute Gasteiger partial charge is 0.0730 e. The summed E-state index contributed by atoms with van der Waals surface area (Å²) in [5.74, 6) is 0. The van der Waals surface area contributed by atoms with Crippen molar-refractivity contribution in [2.75, 3.05) is 19.6 Å². The van der Waals surface area contributed by atoms with Gasteiger partial charge in [-0.3, -0.25) is 0 Å². The van der Waals surface area contributed by atoms with Crippen molar-refractivity contribution < 1.29 is 0 Å². The van der Waals surface area contributed by atoms with Crippen LogP contribution in [0, 0.1) is 0 Å². The van der Waals surface area contributed by atoms with E-state index in [-0.39, 0.29) is 0 Å². The van der Waals surface area contributed by atoms with Crippen molar-refractivity contribution in [1.82, 2.24) is 4.90 Å². The Kier molecular flexibility index (Phi) is 3.70. The standard InChI is InChI=1S/C8H14N2S/c1-2-10-5-3-4-8(6-10)9-7-11/h8H,2-6H2,1H3. The van der Waals surface area contributed by atoms with E-state index in [4.69, 9.17) is 0 Å². The van der Waals surface area contributed by atoms with E-state index in [1.807, 2.05) is 0 Å². The number of piperidine rings is 1. The van der Waals surface area contributed by atoms with E-state index in [2.05, 4.69) is 34.2 Å². The summed E-state index contributed by atoms with van der Waals surface area (Å²) in [4.78, 5) is 6.51. The fourth-order valence-corrected chi connectivity index (χ4v) is 1.65. The van der Waals surface area contributed by atoms with Crippen molar-refractivity contribution >= 4 is 17.4 Å². The van der Waals surface area contributed by atoms with Gasteiger partial charge in [0.15, 0.2) is 0 Å². The monoisotopic (exact) mass is 170 g/mol. The molecule has 0 aliphatic carbocycles. The molecule has 0 spiro atoms. The van der Waals surface area contributed by atoms with Gasteiger partial charge in [-0.05, 0) is 38.1 Å². The Balaban J connectivity index is 2.38. The molecule has 0 radical (unpaired) electrons. The van der Waals surface area contributed by atoms with E-state index >= 15 is 0 Å². The molecule has 1 unspecified atom stereocenters. The van der Waals surface area contributed by atoms with Gasteiger partial charge in [0.05, 0.1) is 11.2 Å². The van der Waals surface area contributed by atoms with Gasteiger partial charge in [-0.1, -0.05) is 6.92 Å². The number of isothiocyanates is 1. The third kappa shape index (κ3) is 2.70. The first-order valence-corrected chi connectivity index (χ1v) is 4.57. The first-order chi connectivity index (χ1) is 5.36. The van der Waals surface area contributed by atoms with Crippen LogP contribution >= 0.6 is 12.2 Å². The number of aliphatic imine (C=N–C) groups is 1. The van der Waals surface area contributed by atoms with Gasteiger partial charge < -0.3 is 4.90 Å². The molecule has 1 aliphatic rings. The summed E-state index contributed by atoms with van der Waals surface area (Å²) in [5, 5.41) is 2.46. The van der Waals surface area contributed by atoms with Crippen LogP contribution in [0.4, 0.5) is 0 Å². The van der Waals surface area contributed by atoms with Crippen LogP contribution in [0.5, 0.6) is 0 Å². The molecule has 1 atom stereocenters. The molecule has 3 heteroatoms. The van der Waals surface area contributed by atoms with Crippen molar-refractivity contribution in [3.05, 3.63) is 0 Å². The van der Waals surface area contributed by atoms with Gasteiger partial charge in [0, 0.05) is 6.54 Å². The molecular weight excluding hydrogens is 156 g/mol. The molecule has 0 bridgehead atoms. The number of likely N-dealkylation sites (N-methyl/N-ethyl adjacent to an activating group) is 1. The molecule has 11 heavy (non-hydrogen) atoms. The van der Waals surface area contributed by atoms with E-state index in [1.54, 1.807) is 0 Å². The molecule has 1 rings (SSSR count). The quantitative estimate of drug-likeness (QED) is 0.462. The van der Waals surface area contributed by atoms with Gasteiger partial charge in [-0.2, -0.15) is 0 Å². The molecule has 2 nitrogen and oxygen atoms in total. The van der Waals surface area contributed by atoms with Crippen molar-refractivity contribution in [3.63, 3.8) is 0 Å². The zero-order chi connectivity index (χ0) is 8.10. The van der Waals surface area contributed by atoms with Gasteiger partial charge in [0.2, 0.25) is 0 Å².